The molecule has 0 bridgehead atoms. The summed E-state index contributed by atoms with van der Waals surface area (Å²) >= 11 is 0. The summed E-state index contributed by atoms with van der Waals surface area (Å²) in [6.45, 7) is 0. The molecule has 1 heterocycles. The van der Waals surface area contributed by atoms with Crippen molar-refractivity contribution in [2.45, 2.75) is 56.7 Å². The van der Waals surface area contributed by atoms with E-state index in [1.807, 2.05) is 18.2 Å². The zero-order valence-corrected chi connectivity index (χ0v) is 22.2. The molecule has 0 saturated heterocycles. The minimum atomic E-state index is -1.15. The first-order chi connectivity index (χ1) is 19.4. The number of hydrogen-bond acceptors (Lipinski definition) is 4. The molecule has 206 valence electrons. The Bertz CT molecular complexity index is 1460. The summed E-state index contributed by atoms with van der Waals surface area (Å²) in [4.78, 5) is 10.9. The lowest BCUT2D eigenvalue weighted by atomic mass is 9.82. The fourth-order valence-corrected chi connectivity index (χ4v) is 5.47. The summed E-state index contributed by atoms with van der Waals surface area (Å²) < 4.78 is 15.5. The monoisotopic (exact) mass is 540 g/mol. The number of fused-ring (bicyclic) bond motifs is 1. The number of aliphatic hydroxyl groups excluding tert-OH is 2. The van der Waals surface area contributed by atoms with Crippen LogP contribution < -0.4 is 0 Å². The first kappa shape index (κ1) is 27.5. The summed E-state index contributed by atoms with van der Waals surface area (Å²) in [6, 6.07) is 25.1. The number of benzene rings is 3. The molecule has 1 aromatic heterocycles. The number of aliphatic hydroxyl groups is 2. The zero-order chi connectivity index (χ0) is 28.1. The van der Waals surface area contributed by atoms with Gasteiger partial charge in [-0.15, -0.1) is 0 Å². The first-order valence-electron chi connectivity index (χ1n) is 13.7. The van der Waals surface area contributed by atoms with Gasteiger partial charge in [0, 0.05) is 17.9 Å². The first-order valence-corrected chi connectivity index (χ1v) is 13.7. The summed E-state index contributed by atoms with van der Waals surface area (Å²) in [6.07, 6.45) is 4.33. The van der Waals surface area contributed by atoms with E-state index in [2.05, 4.69) is 36.4 Å². The highest BCUT2D eigenvalue weighted by Gasteiger charge is 2.28. The summed E-state index contributed by atoms with van der Waals surface area (Å²) in [5, 5.41) is 34.3. The summed E-state index contributed by atoms with van der Waals surface area (Å²) in [5.74, 6) is -1.24. The smallest absolute Gasteiger partial charge is 0.305 e. The largest absolute Gasteiger partial charge is 0.481 e. The van der Waals surface area contributed by atoms with Crippen molar-refractivity contribution in [1.82, 2.24) is 9.78 Å². The molecule has 0 spiro atoms. The molecule has 6 nitrogen and oxygen atoms in total. The predicted molar refractivity (Wildman–Crippen MR) is 153 cm³/mol. The van der Waals surface area contributed by atoms with Crippen molar-refractivity contribution in [3.8, 4) is 16.8 Å². The lowest BCUT2D eigenvalue weighted by Gasteiger charge is -2.21. The Hall–Kier alpha value is -4.07. The van der Waals surface area contributed by atoms with Gasteiger partial charge in [0.25, 0.3) is 0 Å². The topological polar surface area (TPSA) is 95.6 Å². The fourth-order valence-electron chi connectivity index (χ4n) is 5.47. The van der Waals surface area contributed by atoms with E-state index in [4.69, 9.17) is 10.2 Å². The van der Waals surface area contributed by atoms with Gasteiger partial charge in [0.2, 0.25) is 0 Å². The van der Waals surface area contributed by atoms with E-state index in [-0.39, 0.29) is 18.2 Å². The third-order valence-electron chi connectivity index (χ3n) is 7.43. The van der Waals surface area contributed by atoms with Crippen molar-refractivity contribution in [2.75, 3.05) is 0 Å². The third kappa shape index (κ3) is 6.55. The number of rotatable bonds is 10. The maximum Gasteiger partial charge on any atom is 0.305 e. The molecular formula is C33H33FN2O4. The van der Waals surface area contributed by atoms with Crippen LogP contribution in [0, 0.1) is 5.82 Å². The molecule has 1 aliphatic carbocycles. The molecule has 0 amide bonds. The highest BCUT2D eigenvalue weighted by atomic mass is 19.1. The van der Waals surface area contributed by atoms with Gasteiger partial charge in [-0.3, -0.25) is 4.79 Å². The SMILES string of the molecule is O=C(O)C[C@@H](O)C[C@@H](O)/C=C/c1c2c(nn1-c1ccc(F)cc1)C(Cc1ccc(-c3ccccc3)cc1)CCC2. The van der Waals surface area contributed by atoms with Crippen molar-refractivity contribution in [1.29, 1.82) is 0 Å². The van der Waals surface area contributed by atoms with Gasteiger partial charge >= 0.3 is 5.97 Å². The number of hydrogen-bond donors (Lipinski definition) is 3. The van der Waals surface area contributed by atoms with Crippen LogP contribution in [0.15, 0.2) is 84.9 Å². The van der Waals surface area contributed by atoms with Gasteiger partial charge in [0.05, 0.1) is 35.7 Å². The number of carbonyl (C=O) groups is 1. The highest BCUT2D eigenvalue weighted by molar-refractivity contribution is 5.67. The van der Waals surface area contributed by atoms with Gasteiger partial charge in [0.15, 0.2) is 0 Å². The molecule has 3 N–H and O–H groups in total. The van der Waals surface area contributed by atoms with Gasteiger partial charge in [0.1, 0.15) is 5.82 Å². The summed E-state index contributed by atoms with van der Waals surface area (Å²) in [5.41, 5.74) is 7.20. The van der Waals surface area contributed by atoms with Crippen LogP contribution in [0.1, 0.15) is 54.1 Å². The molecule has 3 atom stereocenters. The van der Waals surface area contributed by atoms with Crippen molar-refractivity contribution in [3.63, 3.8) is 0 Å². The number of carboxylic acid groups (broad SMARTS) is 1. The average Bonchev–Trinajstić information content (AvgIpc) is 3.32. The number of aliphatic carboxylic acids is 1. The van der Waals surface area contributed by atoms with Gasteiger partial charge < -0.3 is 15.3 Å². The van der Waals surface area contributed by atoms with Crippen molar-refractivity contribution in [2.24, 2.45) is 0 Å². The molecule has 0 radical (unpaired) electrons. The van der Waals surface area contributed by atoms with Crippen LogP contribution in [0.2, 0.25) is 0 Å². The Morgan fingerprint density at radius 3 is 2.40 bits per heavy atom. The molecule has 7 heteroatoms. The third-order valence-corrected chi connectivity index (χ3v) is 7.43. The van der Waals surface area contributed by atoms with Crippen molar-refractivity contribution >= 4 is 12.0 Å². The molecule has 3 aromatic carbocycles. The minimum Gasteiger partial charge on any atom is -0.481 e. The number of nitrogens with zero attached hydrogens (tertiary/aromatic N) is 2. The Balaban J connectivity index is 1.42. The van der Waals surface area contributed by atoms with Crippen LogP contribution in [-0.4, -0.2) is 43.3 Å². The molecule has 0 saturated carbocycles. The Kier molecular flexibility index (Phi) is 8.53. The van der Waals surface area contributed by atoms with Crippen LogP contribution in [0.5, 0.6) is 0 Å². The van der Waals surface area contributed by atoms with Crippen molar-refractivity contribution < 1.29 is 24.5 Å². The zero-order valence-electron chi connectivity index (χ0n) is 22.2. The number of carboxylic acids is 1. The molecule has 4 aromatic rings. The summed E-state index contributed by atoms with van der Waals surface area (Å²) in [7, 11) is 0. The van der Waals surface area contributed by atoms with E-state index in [0.29, 0.717) is 5.69 Å². The van der Waals surface area contributed by atoms with Gasteiger partial charge in [-0.25, -0.2) is 9.07 Å². The van der Waals surface area contributed by atoms with Gasteiger partial charge in [-0.05, 0) is 72.7 Å². The van der Waals surface area contributed by atoms with Crippen LogP contribution in [0.3, 0.4) is 0 Å². The second-order valence-electron chi connectivity index (χ2n) is 10.4. The Morgan fingerprint density at radius 1 is 1.00 bits per heavy atom. The maximum atomic E-state index is 13.7. The Morgan fingerprint density at radius 2 is 1.70 bits per heavy atom. The fraction of sp³-hybridized carbons (Fsp3) is 0.273. The van der Waals surface area contributed by atoms with Crippen LogP contribution in [0.4, 0.5) is 4.39 Å². The van der Waals surface area contributed by atoms with Gasteiger partial charge in [-0.1, -0.05) is 60.7 Å². The second-order valence-corrected chi connectivity index (χ2v) is 10.4. The van der Waals surface area contributed by atoms with Crippen molar-refractivity contribution in [3.05, 3.63) is 113 Å². The van der Waals surface area contributed by atoms with E-state index in [1.165, 1.54) is 28.8 Å². The quantitative estimate of drug-likeness (QED) is 0.231. The predicted octanol–water partition coefficient (Wildman–Crippen LogP) is 5.94. The van der Waals surface area contributed by atoms with E-state index >= 15 is 0 Å². The number of halogens is 1. The molecular weight excluding hydrogens is 507 g/mol. The number of aromatic nitrogens is 2. The van der Waals surface area contributed by atoms with Crippen LogP contribution in [0.25, 0.3) is 22.9 Å². The van der Waals surface area contributed by atoms with E-state index < -0.39 is 24.6 Å². The average molecular weight is 541 g/mol. The van der Waals surface area contributed by atoms with Crippen LogP contribution >= 0.6 is 0 Å². The lowest BCUT2D eigenvalue weighted by Crippen LogP contribution is -2.19. The molecule has 0 fully saturated rings. The lowest BCUT2D eigenvalue weighted by molar-refractivity contribution is -0.139. The molecule has 40 heavy (non-hydrogen) atoms. The Labute approximate surface area is 233 Å². The molecule has 0 aliphatic heterocycles. The molecule has 5 rings (SSSR count). The molecule has 1 aliphatic rings. The maximum absolute atomic E-state index is 13.7. The van der Waals surface area contributed by atoms with E-state index in [0.717, 1.165) is 42.6 Å². The second kappa shape index (κ2) is 12.4. The van der Waals surface area contributed by atoms with E-state index in [1.54, 1.807) is 29.0 Å². The van der Waals surface area contributed by atoms with Gasteiger partial charge in [-0.2, -0.15) is 5.10 Å². The standard InChI is InChI=1S/C33H33FN2O4/c34-26-13-15-27(16-14-26)36-31(18-17-28(37)20-29(38)21-32(39)40)30-8-4-7-25(33(30)35-36)19-22-9-11-24(12-10-22)23-5-2-1-3-6-23/h1-3,5-6,9-18,25,28-29,37-38H,4,7-8,19-21H2,(H,39,40)/b18-17+/t25?,28-,29-/m0/s1. The normalized spacial score (nSPS) is 16.5. The van der Waals surface area contributed by atoms with Crippen LogP contribution in [-0.2, 0) is 17.6 Å². The minimum absolute atomic E-state index is 0.0860. The molecule has 1 unspecified atom stereocenters. The highest BCUT2D eigenvalue weighted by Crippen LogP contribution is 2.37. The van der Waals surface area contributed by atoms with E-state index in [9.17, 15) is 19.4 Å².